The van der Waals surface area contributed by atoms with Crippen molar-refractivity contribution < 1.29 is 9.32 Å². The highest BCUT2D eigenvalue weighted by atomic mass is 16.5. The van der Waals surface area contributed by atoms with Gasteiger partial charge in [-0.2, -0.15) is 0 Å². The number of nitrogens with zero attached hydrogens (tertiary/aromatic N) is 3. The predicted octanol–water partition coefficient (Wildman–Crippen LogP) is 1.83. The molecule has 0 saturated carbocycles. The van der Waals surface area contributed by atoms with E-state index in [9.17, 15) is 4.79 Å². The van der Waals surface area contributed by atoms with E-state index in [0.717, 1.165) is 36.7 Å². The van der Waals surface area contributed by atoms with Crippen molar-refractivity contribution in [1.82, 2.24) is 15.0 Å². The van der Waals surface area contributed by atoms with E-state index < -0.39 is 0 Å². The van der Waals surface area contributed by atoms with Gasteiger partial charge in [0.25, 0.3) is 5.91 Å². The lowest BCUT2D eigenvalue weighted by molar-refractivity contribution is 0.0617. The second kappa shape index (κ2) is 6.42. The molecule has 0 atom stereocenters. The quantitative estimate of drug-likeness (QED) is 0.875. The van der Waals surface area contributed by atoms with Gasteiger partial charge in [-0.25, -0.2) is 0 Å². The van der Waals surface area contributed by atoms with Crippen LogP contribution in [0.25, 0.3) is 0 Å². The van der Waals surface area contributed by atoms with E-state index in [1.165, 1.54) is 0 Å². The molecule has 6 heteroatoms. The van der Waals surface area contributed by atoms with Gasteiger partial charge in [0.05, 0.1) is 12.2 Å². The van der Waals surface area contributed by atoms with Crippen LogP contribution in [0.1, 0.15) is 27.4 Å². The Morgan fingerprint density at radius 2 is 1.96 bits per heavy atom. The molecule has 1 aromatic carbocycles. The first-order valence-corrected chi connectivity index (χ1v) is 7.83. The van der Waals surface area contributed by atoms with Crippen LogP contribution in [0.5, 0.6) is 0 Å². The van der Waals surface area contributed by atoms with Gasteiger partial charge in [-0.15, -0.1) is 0 Å². The molecule has 1 aromatic heterocycles. The van der Waals surface area contributed by atoms with E-state index in [0.29, 0.717) is 24.3 Å². The van der Waals surface area contributed by atoms with Crippen LogP contribution in [0, 0.1) is 13.8 Å². The molecule has 1 saturated heterocycles. The normalized spacial score (nSPS) is 15.8. The second-order valence-electron chi connectivity index (χ2n) is 6.08. The van der Waals surface area contributed by atoms with Crippen molar-refractivity contribution in [1.29, 1.82) is 0 Å². The Kier molecular flexibility index (Phi) is 4.34. The van der Waals surface area contributed by atoms with Crippen LogP contribution in [0.2, 0.25) is 0 Å². The summed E-state index contributed by atoms with van der Waals surface area (Å²) in [5.74, 6) is 0.930. The third-order valence-corrected chi connectivity index (χ3v) is 4.21. The molecule has 2 heterocycles. The first-order valence-electron chi connectivity index (χ1n) is 7.83. The molecule has 0 radical (unpaired) electrons. The van der Waals surface area contributed by atoms with Crippen LogP contribution < -0.4 is 5.73 Å². The van der Waals surface area contributed by atoms with Gasteiger partial charge in [0.15, 0.2) is 5.76 Å². The molecule has 0 spiro atoms. The van der Waals surface area contributed by atoms with Crippen LogP contribution >= 0.6 is 0 Å². The molecule has 1 fully saturated rings. The maximum absolute atomic E-state index is 12.7. The number of carbonyl (C=O) groups excluding carboxylic acids is 1. The zero-order valence-electron chi connectivity index (χ0n) is 13.6. The first-order chi connectivity index (χ1) is 11.0. The van der Waals surface area contributed by atoms with Crippen molar-refractivity contribution in [3.8, 4) is 0 Å². The molecule has 1 aliphatic rings. The molecule has 0 aliphatic carbocycles. The summed E-state index contributed by atoms with van der Waals surface area (Å²) in [4.78, 5) is 16.8. The van der Waals surface area contributed by atoms with Gasteiger partial charge in [0.1, 0.15) is 0 Å². The van der Waals surface area contributed by atoms with E-state index in [1.54, 1.807) is 6.07 Å². The third-order valence-electron chi connectivity index (χ3n) is 4.21. The van der Waals surface area contributed by atoms with E-state index in [1.807, 2.05) is 36.9 Å². The Morgan fingerprint density at radius 1 is 1.22 bits per heavy atom. The van der Waals surface area contributed by atoms with Gasteiger partial charge < -0.3 is 15.2 Å². The molecule has 2 aromatic rings. The fraction of sp³-hybridized carbons (Fsp3) is 0.412. The highest BCUT2D eigenvalue weighted by Crippen LogP contribution is 2.17. The largest absolute Gasteiger partial charge is 0.399 e. The van der Waals surface area contributed by atoms with Crippen LogP contribution in [0.15, 0.2) is 28.8 Å². The fourth-order valence-electron chi connectivity index (χ4n) is 2.86. The van der Waals surface area contributed by atoms with E-state index in [-0.39, 0.29) is 5.91 Å². The highest BCUT2D eigenvalue weighted by Gasteiger charge is 2.23. The van der Waals surface area contributed by atoms with Gasteiger partial charge in [0, 0.05) is 43.5 Å². The molecule has 2 N–H and O–H groups in total. The number of rotatable bonds is 3. The molecule has 0 bridgehead atoms. The number of aryl methyl sites for hydroxylation is 2. The zero-order valence-corrected chi connectivity index (χ0v) is 13.6. The lowest BCUT2D eigenvalue weighted by Crippen LogP contribution is -2.48. The Morgan fingerprint density at radius 3 is 2.61 bits per heavy atom. The van der Waals surface area contributed by atoms with Gasteiger partial charge in [-0.05, 0) is 31.5 Å². The lowest BCUT2D eigenvalue weighted by atomic mass is 10.1. The van der Waals surface area contributed by atoms with E-state index in [2.05, 4.69) is 10.1 Å². The Hall–Kier alpha value is -2.34. The number of hydrogen-bond acceptors (Lipinski definition) is 5. The molecule has 23 heavy (non-hydrogen) atoms. The highest BCUT2D eigenvalue weighted by molar-refractivity contribution is 5.96. The summed E-state index contributed by atoms with van der Waals surface area (Å²) in [5, 5.41) is 3.90. The minimum Gasteiger partial charge on any atom is -0.399 e. The maximum Gasteiger partial charge on any atom is 0.254 e. The topological polar surface area (TPSA) is 75.6 Å². The predicted molar refractivity (Wildman–Crippen MR) is 88.0 cm³/mol. The Balaban J connectivity index is 1.60. The molecular weight excluding hydrogens is 292 g/mol. The summed E-state index contributed by atoms with van der Waals surface area (Å²) >= 11 is 0. The minimum atomic E-state index is 0.0601. The van der Waals surface area contributed by atoms with Crippen molar-refractivity contribution in [2.24, 2.45) is 0 Å². The fourth-order valence-corrected chi connectivity index (χ4v) is 2.86. The van der Waals surface area contributed by atoms with Crippen molar-refractivity contribution in [2.45, 2.75) is 20.4 Å². The molecule has 122 valence electrons. The molecule has 1 aliphatic heterocycles. The van der Waals surface area contributed by atoms with Gasteiger partial charge in [-0.3, -0.25) is 9.69 Å². The van der Waals surface area contributed by atoms with Crippen molar-refractivity contribution >= 4 is 11.6 Å². The summed E-state index contributed by atoms with van der Waals surface area (Å²) in [6, 6.07) is 7.43. The summed E-state index contributed by atoms with van der Waals surface area (Å²) in [5.41, 5.74) is 8.99. The molecule has 6 nitrogen and oxygen atoms in total. The van der Waals surface area contributed by atoms with Crippen LogP contribution in [-0.4, -0.2) is 47.0 Å². The number of anilines is 1. The molecular formula is C17H22N4O2. The first kappa shape index (κ1) is 15.6. The monoisotopic (exact) mass is 314 g/mol. The average molecular weight is 314 g/mol. The summed E-state index contributed by atoms with van der Waals surface area (Å²) in [6.07, 6.45) is 0. The standard InChI is InChI=1S/C17H22N4O2/c1-12-3-4-14(18)10-16(12)17(22)21-7-5-20(6-8-21)11-15-9-13(2)19-23-15/h3-4,9-10H,5-8,11,18H2,1-2H3. The number of hydrogen-bond donors (Lipinski definition) is 1. The Bertz CT molecular complexity index is 702. The summed E-state index contributed by atoms with van der Waals surface area (Å²) in [6.45, 7) is 7.66. The second-order valence-corrected chi connectivity index (χ2v) is 6.08. The Labute approximate surface area is 135 Å². The van der Waals surface area contributed by atoms with Crippen molar-refractivity contribution in [3.05, 3.63) is 46.8 Å². The summed E-state index contributed by atoms with van der Waals surface area (Å²) < 4.78 is 5.25. The number of piperazine rings is 1. The number of amides is 1. The van der Waals surface area contributed by atoms with Crippen molar-refractivity contribution in [3.63, 3.8) is 0 Å². The molecule has 0 unspecified atom stereocenters. The van der Waals surface area contributed by atoms with Gasteiger partial charge in [-0.1, -0.05) is 11.2 Å². The number of aromatic nitrogens is 1. The number of nitrogens with two attached hydrogens (primary N) is 1. The van der Waals surface area contributed by atoms with Gasteiger partial charge >= 0.3 is 0 Å². The third kappa shape index (κ3) is 3.53. The molecule has 1 amide bonds. The number of carbonyl (C=O) groups is 1. The van der Waals surface area contributed by atoms with Crippen molar-refractivity contribution in [2.75, 3.05) is 31.9 Å². The van der Waals surface area contributed by atoms with Crippen LogP contribution in [0.4, 0.5) is 5.69 Å². The number of nitrogen functional groups attached to an aromatic ring is 1. The van der Waals surface area contributed by atoms with Crippen LogP contribution in [-0.2, 0) is 6.54 Å². The molecule has 3 rings (SSSR count). The smallest absolute Gasteiger partial charge is 0.254 e. The zero-order chi connectivity index (χ0) is 16.4. The lowest BCUT2D eigenvalue weighted by Gasteiger charge is -2.34. The average Bonchev–Trinajstić information content (AvgIpc) is 2.95. The van der Waals surface area contributed by atoms with E-state index >= 15 is 0 Å². The SMILES string of the molecule is Cc1cc(CN2CCN(C(=O)c3cc(N)ccc3C)CC2)on1. The van der Waals surface area contributed by atoms with Gasteiger partial charge in [0.2, 0.25) is 0 Å². The number of benzene rings is 1. The van der Waals surface area contributed by atoms with Crippen LogP contribution in [0.3, 0.4) is 0 Å². The minimum absolute atomic E-state index is 0.0601. The summed E-state index contributed by atoms with van der Waals surface area (Å²) in [7, 11) is 0. The maximum atomic E-state index is 12.7. The van der Waals surface area contributed by atoms with E-state index in [4.69, 9.17) is 10.3 Å².